The molecule has 0 saturated carbocycles. The molecular formula is C17H13N. The van der Waals surface area contributed by atoms with Gasteiger partial charge in [-0.05, 0) is 51.9 Å². The van der Waals surface area contributed by atoms with Crippen LogP contribution in [-0.2, 0) is 7.05 Å². The second-order valence-corrected chi connectivity index (χ2v) is 4.88. The van der Waals surface area contributed by atoms with Crippen molar-refractivity contribution in [3.8, 4) is 0 Å². The van der Waals surface area contributed by atoms with E-state index in [1.807, 2.05) is 0 Å². The van der Waals surface area contributed by atoms with Crippen LogP contribution in [0.15, 0.2) is 60.8 Å². The molecule has 0 amide bonds. The third-order valence-corrected chi connectivity index (χ3v) is 3.71. The van der Waals surface area contributed by atoms with Crippen molar-refractivity contribution in [1.29, 1.82) is 0 Å². The van der Waals surface area contributed by atoms with E-state index in [9.17, 15) is 0 Å². The van der Waals surface area contributed by atoms with Crippen LogP contribution in [0, 0.1) is 0 Å². The summed E-state index contributed by atoms with van der Waals surface area (Å²) >= 11 is 0. The lowest BCUT2D eigenvalue weighted by Crippen LogP contribution is -1.84. The van der Waals surface area contributed by atoms with Crippen LogP contribution in [0.4, 0.5) is 0 Å². The molecule has 0 unspecified atom stereocenters. The molecule has 86 valence electrons. The average Bonchev–Trinajstić information content (AvgIpc) is 2.75. The first-order valence-corrected chi connectivity index (χ1v) is 6.19. The first-order chi connectivity index (χ1) is 8.81. The Morgan fingerprint density at radius 1 is 0.667 bits per heavy atom. The smallest absolute Gasteiger partial charge is 0.0484 e. The van der Waals surface area contributed by atoms with Crippen molar-refractivity contribution >= 4 is 32.4 Å². The molecule has 0 aliphatic carbocycles. The van der Waals surface area contributed by atoms with E-state index >= 15 is 0 Å². The highest BCUT2D eigenvalue weighted by Crippen LogP contribution is 2.27. The summed E-state index contributed by atoms with van der Waals surface area (Å²) in [6, 6.07) is 19.8. The molecule has 0 bridgehead atoms. The molecule has 0 aliphatic heterocycles. The second kappa shape index (κ2) is 3.36. The number of benzene rings is 3. The number of fused-ring (bicyclic) bond motifs is 3. The summed E-state index contributed by atoms with van der Waals surface area (Å²) in [5.74, 6) is 0. The highest BCUT2D eigenvalue weighted by molar-refractivity contribution is 6.04. The first kappa shape index (κ1) is 9.72. The minimum Gasteiger partial charge on any atom is -0.351 e. The number of nitrogens with zero attached hydrogens (tertiary/aromatic N) is 1. The van der Waals surface area contributed by atoms with E-state index in [-0.39, 0.29) is 0 Å². The number of rotatable bonds is 0. The molecule has 0 radical (unpaired) electrons. The van der Waals surface area contributed by atoms with Crippen molar-refractivity contribution in [3.05, 3.63) is 60.8 Å². The predicted octanol–water partition coefficient (Wildman–Crippen LogP) is 4.48. The van der Waals surface area contributed by atoms with E-state index in [0.717, 1.165) is 0 Å². The fourth-order valence-corrected chi connectivity index (χ4v) is 2.71. The summed E-state index contributed by atoms with van der Waals surface area (Å²) in [4.78, 5) is 0. The van der Waals surface area contributed by atoms with E-state index in [0.29, 0.717) is 0 Å². The normalized spacial score (nSPS) is 11.6. The summed E-state index contributed by atoms with van der Waals surface area (Å²) in [7, 11) is 2.09. The van der Waals surface area contributed by atoms with Crippen LogP contribution < -0.4 is 0 Å². The molecule has 0 aliphatic rings. The van der Waals surface area contributed by atoms with Gasteiger partial charge in [0.2, 0.25) is 0 Å². The van der Waals surface area contributed by atoms with Gasteiger partial charge >= 0.3 is 0 Å². The van der Waals surface area contributed by atoms with Gasteiger partial charge in [-0.2, -0.15) is 0 Å². The van der Waals surface area contributed by atoms with Gasteiger partial charge in [0.25, 0.3) is 0 Å². The van der Waals surface area contributed by atoms with Crippen molar-refractivity contribution in [3.63, 3.8) is 0 Å². The van der Waals surface area contributed by atoms with Gasteiger partial charge < -0.3 is 4.57 Å². The molecule has 4 aromatic rings. The van der Waals surface area contributed by atoms with E-state index in [1.54, 1.807) is 0 Å². The van der Waals surface area contributed by atoms with Crippen molar-refractivity contribution in [2.45, 2.75) is 0 Å². The Hall–Kier alpha value is -2.28. The van der Waals surface area contributed by atoms with Gasteiger partial charge in [-0.1, -0.05) is 24.3 Å². The third-order valence-electron chi connectivity index (χ3n) is 3.71. The Labute approximate surface area is 105 Å². The Morgan fingerprint density at radius 2 is 1.28 bits per heavy atom. The lowest BCUT2D eigenvalue weighted by atomic mass is 10.0. The van der Waals surface area contributed by atoms with Gasteiger partial charge in [-0.25, -0.2) is 0 Å². The molecule has 0 saturated heterocycles. The van der Waals surface area contributed by atoms with Crippen LogP contribution in [0.3, 0.4) is 0 Å². The molecular weight excluding hydrogens is 218 g/mol. The highest BCUT2D eigenvalue weighted by atomic mass is 14.9. The highest BCUT2D eigenvalue weighted by Gasteiger charge is 2.02. The van der Waals surface area contributed by atoms with E-state index in [2.05, 4.69) is 72.4 Å². The van der Waals surface area contributed by atoms with Gasteiger partial charge in [-0.15, -0.1) is 0 Å². The summed E-state index contributed by atoms with van der Waals surface area (Å²) < 4.78 is 2.17. The zero-order valence-electron chi connectivity index (χ0n) is 10.2. The molecule has 1 nitrogen and oxygen atoms in total. The molecule has 0 N–H and O–H groups in total. The number of aromatic nitrogens is 1. The summed E-state index contributed by atoms with van der Waals surface area (Å²) in [6.45, 7) is 0. The summed E-state index contributed by atoms with van der Waals surface area (Å²) in [6.07, 6.45) is 2.11. The Bertz CT molecular complexity index is 884. The van der Waals surface area contributed by atoms with Crippen LogP contribution in [0.1, 0.15) is 0 Å². The van der Waals surface area contributed by atoms with Crippen LogP contribution >= 0.6 is 0 Å². The fraction of sp³-hybridized carbons (Fsp3) is 0.0588. The monoisotopic (exact) mass is 231 g/mol. The lowest BCUT2D eigenvalue weighted by Gasteiger charge is -2.04. The maximum Gasteiger partial charge on any atom is 0.0484 e. The van der Waals surface area contributed by atoms with Gasteiger partial charge in [0, 0.05) is 24.1 Å². The Balaban J connectivity index is 2.21. The van der Waals surface area contributed by atoms with Crippen LogP contribution in [0.5, 0.6) is 0 Å². The largest absolute Gasteiger partial charge is 0.351 e. The molecule has 0 atom stereocenters. The van der Waals surface area contributed by atoms with Crippen molar-refractivity contribution in [2.75, 3.05) is 0 Å². The van der Waals surface area contributed by atoms with Gasteiger partial charge in [-0.3, -0.25) is 0 Å². The molecule has 0 fully saturated rings. The first-order valence-electron chi connectivity index (χ1n) is 6.19. The minimum atomic E-state index is 1.29. The standard InChI is InChI=1S/C17H13N/c1-18-7-6-14-10-15-8-12-4-2-3-5-13(12)9-16(15)11-17(14)18/h2-11H,1H3. The zero-order chi connectivity index (χ0) is 12.1. The summed E-state index contributed by atoms with van der Waals surface area (Å²) in [5.41, 5.74) is 1.29. The number of hydrogen-bond donors (Lipinski definition) is 0. The molecule has 1 aromatic heterocycles. The van der Waals surface area contributed by atoms with E-state index in [1.165, 1.54) is 32.4 Å². The molecule has 3 aromatic carbocycles. The number of hydrogen-bond acceptors (Lipinski definition) is 0. The second-order valence-electron chi connectivity index (χ2n) is 4.88. The van der Waals surface area contributed by atoms with Crippen molar-refractivity contribution in [1.82, 2.24) is 4.57 Å². The van der Waals surface area contributed by atoms with Gasteiger partial charge in [0.05, 0.1) is 0 Å². The topological polar surface area (TPSA) is 4.93 Å². The predicted molar refractivity (Wildman–Crippen MR) is 77.9 cm³/mol. The maximum atomic E-state index is 2.27. The Morgan fingerprint density at radius 3 is 2.00 bits per heavy atom. The Kier molecular flexibility index (Phi) is 1.81. The fourth-order valence-electron chi connectivity index (χ4n) is 2.71. The molecule has 0 spiro atoms. The molecule has 1 heteroatoms. The van der Waals surface area contributed by atoms with E-state index < -0.39 is 0 Å². The average molecular weight is 231 g/mol. The molecule has 4 rings (SSSR count). The molecule has 18 heavy (non-hydrogen) atoms. The van der Waals surface area contributed by atoms with Gasteiger partial charge in [0.1, 0.15) is 0 Å². The SMILES string of the molecule is Cn1ccc2cc3cc4ccccc4cc3cc21. The lowest BCUT2D eigenvalue weighted by molar-refractivity contribution is 0.970. The van der Waals surface area contributed by atoms with Crippen LogP contribution in [0.25, 0.3) is 32.4 Å². The van der Waals surface area contributed by atoms with Crippen molar-refractivity contribution < 1.29 is 0 Å². The van der Waals surface area contributed by atoms with Crippen LogP contribution in [-0.4, -0.2) is 4.57 Å². The van der Waals surface area contributed by atoms with Gasteiger partial charge in [0.15, 0.2) is 0 Å². The maximum absolute atomic E-state index is 2.27. The van der Waals surface area contributed by atoms with Crippen molar-refractivity contribution in [2.24, 2.45) is 7.05 Å². The van der Waals surface area contributed by atoms with E-state index in [4.69, 9.17) is 0 Å². The minimum absolute atomic E-state index is 1.29. The summed E-state index contributed by atoms with van der Waals surface area (Å²) in [5, 5.41) is 6.54. The number of aryl methyl sites for hydroxylation is 1. The van der Waals surface area contributed by atoms with Crippen LogP contribution in [0.2, 0.25) is 0 Å². The molecule has 1 heterocycles. The third kappa shape index (κ3) is 1.28. The zero-order valence-corrected chi connectivity index (χ0v) is 10.2. The quantitative estimate of drug-likeness (QED) is 0.393.